The van der Waals surface area contributed by atoms with Crippen LogP contribution in [0.2, 0.25) is 0 Å². The third-order valence-corrected chi connectivity index (χ3v) is 7.13. The van der Waals surface area contributed by atoms with Gasteiger partial charge in [-0.25, -0.2) is 17.2 Å². The van der Waals surface area contributed by atoms with Crippen LogP contribution in [-0.4, -0.2) is 51.0 Å². The summed E-state index contributed by atoms with van der Waals surface area (Å²) in [5, 5.41) is 2.86. The molecular formula is C17H22F2N2O4S. The van der Waals surface area contributed by atoms with E-state index in [4.69, 9.17) is 4.74 Å². The Labute approximate surface area is 151 Å². The summed E-state index contributed by atoms with van der Waals surface area (Å²) in [4.78, 5) is 10.8. The second-order valence-electron chi connectivity index (χ2n) is 6.97. The molecule has 1 amide bonds. The van der Waals surface area contributed by atoms with Gasteiger partial charge in [-0.15, -0.1) is 0 Å². The van der Waals surface area contributed by atoms with Crippen LogP contribution in [0.15, 0.2) is 23.1 Å². The van der Waals surface area contributed by atoms with Crippen molar-refractivity contribution < 1.29 is 26.7 Å². The van der Waals surface area contributed by atoms with Crippen molar-refractivity contribution in [2.24, 2.45) is 11.8 Å². The predicted octanol–water partition coefficient (Wildman–Crippen LogP) is 1.52. The number of benzene rings is 1. The summed E-state index contributed by atoms with van der Waals surface area (Å²) in [6, 6.07) is 2.23. The fourth-order valence-corrected chi connectivity index (χ4v) is 5.68. The van der Waals surface area contributed by atoms with E-state index in [-0.39, 0.29) is 43.0 Å². The number of hydrogen-bond acceptors (Lipinski definition) is 4. The summed E-state index contributed by atoms with van der Waals surface area (Å²) in [6.07, 6.45) is 0.984. The van der Waals surface area contributed by atoms with Gasteiger partial charge in [-0.2, -0.15) is 4.31 Å². The standard InChI is InChI=1S/C17H22F2N2O4S/c1-10(22)20-15-5-11-8-21(9-12(11)6-16(15)25-2)26(23,24)17-7-13(18)3-4-14(17)19/h3-4,7,11-12,15-16H,5-6,8-9H2,1-2H3,(H,20,22)/t11-,12+,15-,16-/m1/s1. The van der Waals surface area contributed by atoms with Crippen molar-refractivity contribution in [3.8, 4) is 0 Å². The van der Waals surface area contributed by atoms with Crippen molar-refractivity contribution in [1.82, 2.24) is 9.62 Å². The summed E-state index contributed by atoms with van der Waals surface area (Å²) in [5.41, 5.74) is 0. The van der Waals surface area contributed by atoms with Crippen LogP contribution >= 0.6 is 0 Å². The third kappa shape index (κ3) is 3.60. The molecule has 0 bridgehead atoms. The van der Waals surface area contributed by atoms with E-state index in [1.54, 1.807) is 7.11 Å². The molecular weight excluding hydrogens is 366 g/mol. The van der Waals surface area contributed by atoms with Crippen LogP contribution in [0.25, 0.3) is 0 Å². The van der Waals surface area contributed by atoms with Crippen LogP contribution in [0.1, 0.15) is 19.8 Å². The van der Waals surface area contributed by atoms with Crippen LogP contribution in [-0.2, 0) is 19.6 Å². The van der Waals surface area contributed by atoms with E-state index in [9.17, 15) is 22.0 Å². The van der Waals surface area contributed by atoms with E-state index < -0.39 is 26.6 Å². The highest BCUT2D eigenvalue weighted by Gasteiger charge is 2.46. The van der Waals surface area contributed by atoms with Gasteiger partial charge in [-0.05, 0) is 42.9 Å². The van der Waals surface area contributed by atoms with E-state index >= 15 is 0 Å². The first-order valence-electron chi connectivity index (χ1n) is 8.47. The molecule has 1 N–H and O–H groups in total. The number of rotatable bonds is 4. The van der Waals surface area contributed by atoms with Crippen LogP contribution in [0.4, 0.5) is 8.78 Å². The van der Waals surface area contributed by atoms with Crippen molar-refractivity contribution in [3.63, 3.8) is 0 Å². The number of carbonyl (C=O) groups excluding carboxylic acids is 1. The van der Waals surface area contributed by atoms with Gasteiger partial charge in [0.15, 0.2) is 0 Å². The summed E-state index contributed by atoms with van der Waals surface area (Å²) in [5.74, 6) is -1.85. The van der Waals surface area contributed by atoms with Gasteiger partial charge in [-0.1, -0.05) is 0 Å². The molecule has 2 aliphatic rings. The van der Waals surface area contributed by atoms with Gasteiger partial charge < -0.3 is 10.1 Å². The first-order chi connectivity index (χ1) is 12.2. The van der Waals surface area contributed by atoms with Crippen LogP contribution in [0, 0.1) is 23.5 Å². The Hall–Kier alpha value is -1.58. The number of halogens is 2. The third-order valence-electron chi connectivity index (χ3n) is 5.29. The quantitative estimate of drug-likeness (QED) is 0.849. The zero-order valence-corrected chi connectivity index (χ0v) is 15.4. The Morgan fingerprint density at radius 2 is 1.88 bits per heavy atom. The Kier molecular flexibility index (Phi) is 5.32. The zero-order chi connectivity index (χ0) is 19.1. The Morgan fingerprint density at radius 1 is 1.23 bits per heavy atom. The lowest BCUT2D eigenvalue weighted by atomic mass is 9.77. The van der Waals surface area contributed by atoms with Crippen molar-refractivity contribution in [2.45, 2.75) is 36.8 Å². The fraction of sp³-hybridized carbons (Fsp3) is 0.588. The van der Waals surface area contributed by atoms with Gasteiger partial charge in [0.25, 0.3) is 0 Å². The van der Waals surface area contributed by atoms with Crippen molar-refractivity contribution >= 4 is 15.9 Å². The van der Waals surface area contributed by atoms with Gasteiger partial charge in [0.05, 0.1) is 12.1 Å². The maximum absolute atomic E-state index is 14.0. The number of sulfonamides is 1. The molecule has 0 spiro atoms. The minimum atomic E-state index is -4.12. The average molecular weight is 388 g/mol. The number of amides is 1. The topological polar surface area (TPSA) is 75.7 Å². The molecule has 1 heterocycles. The number of nitrogens with one attached hydrogen (secondary N) is 1. The molecule has 4 atom stereocenters. The maximum Gasteiger partial charge on any atom is 0.246 e. The molecule has 1 aliphatic heterocycles. The molecule has 0 unspecified atom stereocenters. The summed E-state index contributed by atoms with van der Waals surface area (Å²) < 4.78 is 59.6. The van der Waals surface area contributed by atoms with E-state index in [0.29, 0.717) is 18.9 Å². The smallest absolute Gasteiger partial charge is 0.246 e. The summed E-state index contributed by atoms with van der Waals surface area (Å²) in [7, 11) is -2.56. The number of methoxy groups -OCH3 is 1. The molecule has 3 rings (SSSR count). The zero-order valence-electron chi connectivity index (χ0n) is 14.6. The first kappa shape index (κ1) is 19.2. The minimum Gasteiger partial charge on any atom is -0.379 e. The molecule has 9 heteroatoms. The molecule has 6 nitrogen and oxygen atoms in total. The van der Waals surface area contributed by atoms with Gasteiger partial charge in [-0.3, -0.25) is 4.79 Å². The van der Waals surface area contributed by atoms with E-state index in [0.717, 1.165) is 12.1 Å². The van der Waals surface area contributed by atoms with Gasteiger partial charge in [0, 0.05) is 27.1 Å². The molecule has 0 radical (unpaired) electrons. The van der Waals surface area contributed by atoms with Gasteiger partial charge in [0.1, 0.15) is 16.5 Å². The molecule has 1 aromatic carbocycles. The minimum absolute atomic E-state index is 0.0321. The summed E-state index contributed by atoms with van der Waals surface area (Å²) in [6.45, 7) is 1.88. The lowest BCUT2D eigenvalue weighted by Crippen LogP contribution is -2.49. The molecule has 144 valence electrons. The summed E-state index contributed by atoms with van der Waals surface area (Å²) >= 11 is 0. The van der Waals surface area contributed by atoms with Crippen molar-refractivity contribution in [3.05, 3.63) is 29.8 Å². The van der Waals surface area contributed by atoms with Gasteiger partial charge >= 0.3 is 0 Å². The molecule has 0 aromatic heterocycles. The number of ether oxygens (including phenoxy) is 1. The maximum atomic E-state index is 14.0. The molecule has 2 fully saturated rings. The lowest BCUT2D eigenvalue weighted by molar-refractivity contribution is -0.121. The number of hydrogen-bond donors (Lipinski definition) is 1. The Balaban J connectivity index is 1.81. The number of nitrogens with zero attached hydrogens (tertiary/aromatic N) is 1. The average Bonchev–Trinajstić information content (AvgIpc) is 2.99. The highest BCUT2D eigenvalue weighted by Crippen LogP contribution is 2.39. The van der Waals surface area contributed by atoms with E-state index in [2.05, 4.69) is 5.32 Å². The van der Waals surface area contributed by atoms with E-state index in [1.807, 2.05) is 0 Å². The highest BCUT2D eigenvalue weighted by atomic mass is 32.2. The lowest BCUT2D eigenvalue weighted by Gasteiger charge is -2.37. The van der Waals surface area contributed by atoms with Crippen LogP contribution < -0.4 is 5.32 Å². The Bertz CT molecular complexity index is 802. The monoisotopic (exact) mass is 388 g/mol. The number of carbonyl (C=O) groups is 1. The second-order valence-corrected chi connectivity index (χ2v) is 8.88. The predicted molar refractivity (Wildman–Crippen MR) is 89.7 cm³/mol. The largest absolute Gasteiger partial charge is 0.379 e. The normalized spacial score (nSPS) is 29.4. The van der Waals surface area contributed by atoms with Crippen LogP contribution in [0.3, 0.4) is 0 Å². The van der Waals surface area contributed by atoms with Crippen LogP contribution in [0.5, 0.6) is 0 Å². The van der Waals surface area contributed by atoms with Crippen molar-refractivity contribution in [1.29, 1.82) is 0 Å². The molecule has 1 saturated carbocycles. The Morgan fingerprint density at radius 3 is 2.50 bits per heavy atom. The fourth-order valence-electron chi connectivity index (χ4n) is 4.05. The molecule has 1 aromatic rings. The van der Waals surface area contributed by atoms with E-state index in [1.165, 1.54) is 11.2 Å². The first-order valence-corrected chi connectivity index (χ1v) is 9.91. The highest BCUT2D eigenvalue weighted by molar-refractivity contribution is 7.89. The van der Waals surface area contributed by atoms with Gasteiger partial charge in [0.2, 0.25) is 15.9 Å². The second kappa shape index (κ2) is 7.21. The molecule has 1 saturated heterocycles. The molecule has 26 heavy (non-hydrogen) atoms. The SMILES string of the molecule is CO[C@@H]1C[C@H]2CN(S(=O)(=O)c3cc(F)ccc3F)C[C@H]2C[C@H]1NC(C)=O. The van der Waals surface area contributed by atoms with Crippen molar-refractivity contribution in [2.75, 3.05) is 20.2 Å². The molecule has 1 aliphatic carbocycles. The number of fused-ring (bicyclic) bond motifs is 1.